The molecule has 0 N–H and O–H groups in total. The molecule has 1 saturated heterocycles. The highest BCUT2D eigenvalue weighted by Gasteiger charge is 2.35. The second kappa shape index (κ2) is 9.47. The van der Waals surface area contributed by atoms with E-state index in [1.807, 2.05) is 6.92 Å². The molecule has 1 aromatic carbocycles. The van der Waals surface area contributed by atoms with Crippen molar-refractivity contribution in [2.24, 2.45) is 11.8 Å². The summed E-state index contributed by atoms with van der Waals surface area (Å²) in [5.41, 5.74) is 0. The molecule has 28 heavy (non-hydrogen) atoms. The van der Waals surface area contributed by atoms with Gasteiger partial charge in [0.05, 0.1) is 13.0 Å². The van der Waals surface area contributed by atoms with Crippen molar-refractivity contribution in [2.45, 2.75) is 31.6 Å². The van der Waals surface area contributed by atoms with Crippen molar-refractivity contribution in [1.82, 2.24) is 9.21 Å². The summed E-state index contributed by atoms with van der Waals surface area (Å²) in [6, 6.07) is 5.28. The van der Waals surface area contributed by atoms with Crippen molar-refractivity contribution in [2.75, 3.05) is 33.3 Å². The van der Waals surface area contributed by atoms with Crippen LogP contribution in [0.25, 0.3) is 0 Å². The number of hydrogen-bond donors (Lipinski definition) is 0. The van der Waals surface area contributed by atoms with Crippen LogP contribution >= 0.6 is 0 Å². The molecule has 156 valence electrons. The average molecular weight is 414 g/mol. The van der Waals surface area contributed by atoms with Crippen molar-refractivity contribution in [3.8, 4) is 0 Å². The fourth-order valence-corrected chi connectivity index (χ4v) is 4.91. The van der Waals surface area contributed by atoms with Gasteiger partial charge in [0, 0.05) is 32.1 Å². The van der Waals surface area contributed by atoms with E-state index < -0.39 is 21.8 Å². The van der Waals surface area contributed by atoms with E-state index in [0.29, 0.717) is 19.4 Å². The second-order valence-corrected chi connectivity index (χ2v) is 8.82. The summed E-state index contributed by atoms with van der Waals surface area (Å²) in [7, 11) is -2.62. The van der Waals surface area contributed by atoms with Gasteiger partial charge >= 0.3 is 5.97 Å². The molecule has 1 amide bonds. The normalized spacial score (nSPS) is 17.1. The van der Waals surface area contributed by atoms with Crippen LogP contribution in [0.1, 0.15) is 26.7 Å². The van der Waals surface area contributed by atoms with Crippen LogP contribution in [0, 0.1) is 17.7 Å². The van der Waals surface area contributed by atoms with Gasteiger partial charge in [0.1, 0.15) is 10.7 Å². The standard InChI is InChI=1S/C19H27FN2O5S/c1-4-21(13-14(2)19(24)27-3)18(23)15-9-11-22(12-10-15)28(25,26)17-8-6-5-7-16(17)20/h5-8,14-15H,4,9-13H2,1-3H3. The SMILES string of the molecule is CCN(CC(C)C(=O)OC)C(=O)C1CCN(S(=O)(=O)c2ccccc2F)CC1. The topological polar surface area (TPSA) is 84.0 Å². The van der Waals surface area contributed by atoms with Crippen molar-refractivity contribution < 1.29 is 27.1 Å². The lowest BCUT2D eigenvalue weighted by atomic mass is 9.96. The van der Waals surface area contributed by atoms with Crippen LogP contribution in [0.3, 0.4) is 0 Å². The lowest BCUT2D eigenvalue weighted by molar-refractivity contribution is -0.147. The van der Waals surface area contributed by atoms with E-state index in [4.69, 9.17) is 4.74 Å². The number of piperidine rings is 1. The van der Waals surface area contributed by atoms with Gasteiger partial charge in [0.15, 0.2) is 0 Å². The van der Waals surface area contributed by atoms with Gasteiger partial charge in [0.25, 0.3) is 0 Å². The molecule has 0 spiro atoms. The Balaban J connectivity index is 2.01. The van der Waals surface area contributed by atoms with Crippen molar-refractivity contribution in [3.05, 3.63) is 30.1 Å². The van der Waals surface area contributed by atoms with Crippen LogP contribution in [0.4, 0.5) is 4.39 Å². The highest BCUT2D eigenvalue weighted by molar-refractivity contribution is 7.89. The number of carbonyl (C=O) groups excluding carboxylic acids is 2. The summed E-state index contributed by atoms with van der Waals surface area (Å²) in [5.74, 6) is -2.01. The van der Waals surface area contributed by atoms with Crippen LogP contribution in [0.5, 0.6) is 0 Å². The first kappa shape index (κ1) is 22.3. The minimum Gasteiger partial charge on any atom is -0.469 e. The van der Waals surface area contributed by atoms with E-state index in [0.717, 1.165) is 6.07 Å². The molecule has 0 aliphatic carbocycles. The molecule has 1 aliphatic heterocycles. The summed E-state index contributed by atoms with van der Waals surface area (Å²) in [6.45, 7) is 4.54. The Morgan fingerprint density at radius 3 is 2.43 bits per heavy atom. The maximum Gasteiger partial charge on any atom is 0.310 e. The second-order valence-electron chi connectivity index (χ2n) is 6.91. The summed E-state index contributed by atoms with van der Waals surface area (Å²) >= 11 is 0. The van der Waals surface area contributed by atoms with Gasteiger partial charge < -0.3 is 9.64 Å². The Bertz CT molecular complexity index is 806. The Morgan fingerprint density at radius 1 is 1.29 bits per heavy atom. The van der Waals surface area contributed by atoms with E-state index in [9.17, 15) is 22.4 Å². The van der Waals surface area contributed by atoms with E-state index in [1.165, 1.54) is 29.6 Å². The molecular weight excluding hydrogens is 387 g/mol. The lowest BCUT2D eigenvalue weighted by Gasteiger charge is -2.34. The quantitative estimate of drug-likeness (QED) is 0.636. The third kappa shape index (κ3) is 4.88. The maximum atomic E-state index is 13.9. The van der Waals surface area contributed by atoms with Gasteiger partial charge in [-0.05, 0) is 31.9 Å². The Labute approximate surface area is 165 Å². The smallest absolute Gasteiger partial charge is 0.310 e. The lowest BCUT2D eigenvalue weighted by Crippen LogP contribution is -2.46. The van der Waals surface area contributed by atoms with Gasteiger partial charge in [-0.15, -0.1) is 0 Å². The van der Waals surface area contributed by atoms with Crippen molar-refractivity contribution in [1.29, 1.82) is 0 Å². The number of esters is 1. The number of sulfonamides is 1. The van der Waals surface area contributed by atoms with E-state index >= 15 is 0 Å². The molecular formula is C19H27FN2O5S. The first-order valence-electron chi connectivity index (χ1n) is 9.33. The molecule has 1 fully saturated rings. The summed E-state index contributed by atoms with van der Waals surface area (Å²) in [5, 5.41) is 0. The molecule has 0 bridgehead atoms. The van der Waals surface area contributed by atoms with Gasteiger partial charge in [-0.3, -0.25) is 9.59 Å². The number of ether oxygens (including phenoxy) is 1. The zero-order valence-corrected chi connectivity index (χ0v) is 17.2. The van der Waals surface area contributed by atoms with Crippen LogP contribution in [0.2, 0.25) is 0 Å². The van der Waals surface area contributed by atoms with Crippen LogP contribution < -0.4 is 0 Å². The first-order valence-corrected chi connectivity index (χ1v) is 10.8. The number of methoxy groups -OCH3 is 1. The largest absolute Gasteiger partial charge is 0.469 e. The molecule has 0 radical (unpaired) electrons. The Kier molecular flexibility index (Phi) is 7.54. The number of benzene rings is 1. The molecule has 1 atom stereocenters. The van der Waals surface area contributed by atoms with Crippen molar-refractivity contribution in [3.63, 3.8) is 0 Å². The number of halogens is 1. The van der Waals surface area contributed by atoms with Gasteiger partial charge in [-0.2, -0.15) is 4.31 Å². The number of hydrogen-bond acceptors (Lipinski definition) is 5. The number of carbonyl (C=O) groups is 2. The fraction of sp³-hybridized carbons (Fsp3) is 0.579. The molecule has 1 heterocycles. The number of nitrogens with zero attached hydrogens (tertiary/aromatic N) is 2. The van der Waals surface area contributed by atoms with Gasteiger partial charge in [-0.25, -0.2) is 12.8 Å². The fourth-order valence-electron chi connectivity index (χ4n) is 3.38. The predicted molar refractivity (Wildman–Crippen MR) is 101 cm³/mol. The minimum atomic E-state index is -3.93. The zero-order valence-electron chi connectivity index (χ0n) is 16.4. The van der Waals surface area contributed by atoms with Gasteiger partial charge in [0.2, 0.25) is 15.9 Å². The molecule has 1 aromatic rings. The van der Waals surface area contributed by atoms with Crippen molar-refractivity contribution >= 4 is 21.9 Å². The van der Waals surface area contributed by atoms with E-state index in [-0.39, 0.29) is 42.3 Å². The van der Waals surface area contributed by atoms with Crippen LogP contribution in [0.15, 0.2) is 29.2 Å². The molecule has 1 aliphatic rings. The molecule has 0 aromatic heterocycles. The summed E-state index contributed by atoms with van der Waals surface area (Å²) in [4.78, 5) is 25.7. The van der Waals surface area contributed by atoms with E-state index in [2.05, 4.69) is 0 Å². The average Bonchev–Trinajstić information content (AvgIpc) is 2.70. The highest BCUT2D eigenvalue weighted by Crippen LogP contribution is 2.26. The first-order chi connectivity index (χ1) is 13.2. The monoisotopic (exact) mass is 414 g/mol. The summed E-state index contributed by atoms with van der Waals surface area (Å²) in [6.07, 6.45) is 0.714. The molecule has 0 saturated carbocycles. The van der Waals surface area contributed by atoms with Gasteiger partial charge in [-0.1, -0.05) is 19.1 Å². The number of rotatable bonds is 7. The molecule has 2 rings (SSSR count). The third-order valence-corrected chi connectivity index (χ3v) is 6.98. The van der Waals surface area contributed by atoms with Crippen LogP contribution in [-0.2, 0) is 24.3 Å². The van der Waals surface area contributed by atoms with E-state index in [1.54, 1.807) is 11.8 Å². The minimum absolute atomic E-state index is 0.0961. The molecule has 1 unspecified atom stereocenters. The Morgan fingerprint density at radius 2 is 1.89 bits per heavy atom. The summed E-state index contributed by atoms with van der Waals surface area (Å²) < 4.78 is 45.2. The molecule has 7 nitrogen and oxygen atoms in total. The van der Waals surface area contributed by atoms with Crippen LogP contribution in [-0.4, -0.2) is 62.8 Å². The Hall–Kier alpha value is -2.00. The third-order valence-electron chi connectivity index (χ3n) is 5.05. The maximum absolute atomic E-state index is 13.9. The highest BCUT2D eigenvalue weighted by atomic mass is 32.2. The number of amides is 1. The molecule has 9 heteroatoms. The predicted octanol–water partition coefficient (Wildman–Crippen LogP) is 1.88. The zero-order chi connectivity index (χ0) is 20.9.